The lowest BCUT2D eigenvalue weighted by Gasteiger charge is -2.31. The molecule has 0 unspecified atom stereocenters. The molecule has 0 saturated heterocycles. The molecule has 0 aliphatic carbocycles. The van der Waals surface area contributed by atoms with Crippen molar-refractivity contribution in [3.63, 3.8) is 0 Å². The highest BCUT2D eigenvalue weighted by molar-refractivity contribution is 6.03. The van der Waals surface area contributed by atoms with Crippen LogP contribution < -0.4 is 15.4 Å². The van der Waals surface area contributed by atoms with Gasteiger partial charge in [-0.15, -0.1) is 0 Å². The van der Waals surface area contributed by atoms with Gasteiger partial charge in [0, 0.05) is 24.7 Å². The molecule has 8 heteroatoms. The number of aryl methyl sites for hydroxylation is 1. The van der Waals surface area contributed by atoms with E-state index in [9.17, 15) is 23.5 Å². The lowest BCUT2D eigenvalue weighted by molar-refractivity contribution is 0.0620. The summed E-state index contributed by atoms with van der Waals surface area (Å²) in [6.45, 7) is 6.35. The molecule has 0 bridgehead atoms. The van der Waals surface area contributed by atoms with Crippen LogP contribution in [0.25, 0.3) is 0 Å². The second-order valence-electron chi connectivity index (χ2n) is 10.6. The Labute approximate surface area is 227 Å². The molecule has 0 spiro atoms. The summed E-state index contributed by atoms with van der Waals surface area (Å²) in [5, 5.41) is 17.0. The van der Waals surface area contributed by atoms with Crippen LogP contribution in [0.1, 0.15) is 64.6 Å². The second-order valence-corrected chi connectivity index (χ2v) is 10.6. The largest absolute Gasteiger partial charge is 0.487 e. The van der Waals surface area contributed by atoms with Crippen LogP contribution in [0.5, 0.6) is 5.75 Å². The van der Waals surface area contributed by atoms with E-state index in [1.807, 2.05) is 32.0 Å². The van der Waals surface area contributed by atoms with Crippen molar-refractivity contribution in [2.45, 2.75) is 64.3 Å². The fraction of sp³-hybridized carbons (Fsp3) is 0.355. The number of fused-ring (bicyclic) bond motifs is 1. The Bertz CT molecular complexity index is 1340. The first-order chi connectivity index (χ1) is 18.5. The highest BCUT2D eigenvalue weighted by Crippen LogP contribution is 2.33. The Balaban J connectivity index is 1.50. The Morgan fingerprint density at radius 1 is 1.03 bits per heavy atom. The van der Waals surface area contributed by atoms with Crippen molar-refractivity contribution in [2.75, 3.05) is 6.54 Å². The SMILES string of the molecule is CCc1cccc(CNC[C@H](O)[C@H](Cc2cc(F)cc(F)c2)NC(=O)c2ccc3c(c2)C(=O)CC(C)(C)O3)c1. The molecule has 1 heterocycles. The van der Waals surface area contributed by atoms with Gasteiger partial charge in [-0.2, -0.15) is 0 Å². The van der Waals surface area contributed by atoms with Crippen molar-refractivity contribution in [3.05, 3.63) is 100 Å². The number of hydrogen-bond donors (Lipinski definition) is 3. The zero-order valence-electron chi connectivity index (χ0n) is 22.4. The minimum Gasteiger partial charge on any atom is -0.487 e. The zero-order chi connectivity index (χ0) is 28.2. The van der Waals surface area contributed by atoms with Gasteiger partial charge in [-0.25, -0.2) is 8.78 Å². The van der Waals surface area contributed by atoms with Crippen LogP contribution in [-0.4, -0.2) is 41.1 Å². The van der Waals surface area contributed by atoms with E-state index in [1.165, 1.54) is 23.8 Å². The minimum absolute atomic E-state index is 0.00421. The van der Waals surface area contributed by atoms with Crippen molar-refractivity contribution in [1.82, 2.24) is 10.6 Å². The van der Waals surface area contributed by atoms with Crippen LogP contribution >= 0.6 is 0 Å². The monoisotopic (exact) mass is 536 g/mol. The average molecular weight is 537 g/mol. The van der Waals surface area contributed by atoms with Crippen LogP contribution in [0, 0.1) is 11.6 Å². The van der Waals surface area contributed by atoms with Gasteiger partial charge >= 0.3 is 0 Å². The molecule has 3 aromatic rings. The second kappa shape index (κ2) is 12.1. The number of halogens is 2. The quantitative estimate of drug-likeness (QED) is 0.348. The third kappa shape index (κ3) is 7.49. The molecule has 39 heavy (non-hydrogen) atoms. The standard InChI is InChI=1S/C31H34F2N2O4/c1-4-19-6-5-7-20(10-19)17-34-18-28(37)26(13-21-11-23(32)15-24(33)12-21)35-30(38)22-8-9-29-25(14-22)27(36)16-31(2,3)39-29/h5-12,14-15,26,28,34,37H,4,13,16-18H2,1-3H3,(H,35,38)/t26-,28-/m0/s1. The summed E-state index contributed by atoms with van der Waals surface area (Å²) < 4.78 is 33.6. The molecular weight excluding hydrogens is 502 g/mol. The van der Waals surface area contributed by atoms with Gasteiger partial charge in [-0.1, -0.05) is 31.2 Å². The lowest BCUT2D eigenvalue weighted by atomic mass is 9.92. The zero-order valence-corrected chi connectivity index (χ0v) is 22.4. The summed E-state index contributed by atoms with van der Waals surface area (Å²) in [6.07, 6.45) is 0.0191. The van der Waals surface area contributed by atoms with Crippen LogP contribution in [0.3, 0.4) is 0 Å². The molecule has 0 aromatic heterocycles. The molecule has 6 nitrogen and oxygen atoms in total. The van der Waals surface area contributed by atoms with Gasteiger partial charge in [0.2, 0.25) is 0 Å². The molecule has 3 N–H and O–H groups in total. The summed E-state index contributed by atoms with van der Waals surface area (Å²) >= 11 is 0. The van der Waals surface area contributed by atoms with E-state index in [2.05, 4.69) is 23.6 Å². The van der Waals surface area contributed by atoms with E-state index >= 15 is 0 Å². The van der Waals surface area contributed by atoms with Crippen LogP contribution in [-0.2, 0) is 19.4 Å². The van der Waals surface area contributed by atoms with E-state index in [-0.39, 0.29) is 30.7 Å². The number of carbonyl (C=O) groups is 2. The summed E-state index contributed by atoms with van der Waals surface area (Å²) in [7, 11) is 0. The number of benzene rings is 3. The molecule has 2 atom stereocenters. The number of carbonyl (C=O) groups excluding carboxylic acids is 2. The molecule has 1 aliphatic rings. The number of aliphatic hydroxyl groups excluding tert-OH is 1. The van der Waals surface area contributed by atoms with E-state index in [0.29, 0.717) is 23.4 Å². The van der Waals surface area contributed by atoms with Crippen molar-refractivity contribution in [3.8, 4) is 5.75 Å². The first kappa shape index (κ1) is 28.4. The summed E-state index contributed by atoms with van der Waals surface area (Å²) in [5.41, 5.74) is 2.46. The Morgan fingerprint density at radius 2 is 1.74 bits per heavy atom. The van der Waals surface area contributed by atoms with E-state index < -0.39 is 35.3 Å². The molecular formula is C31H34F2N2O4. The fourth-order valence-corrected chi connectivity index (χ4v) is 4.78. The first-order valence-electron chi connectivity index (χ1n) is 13.1. The maximum atomic E-state index is 13.9. The fourth-order valence-electron chi connectivity index (χ4n) is 4.78. The van der Waals surface area contributed by atoms with Gasteiger partial charge in [0.05, 0.1) is 24.1 Å². The Hall–Kier alpha value is -3.62. The van der Waals surface area contributed by atoms with Crippen molar-refractivity contribution in [1.29, 1.82) is 0 Å². The predicted molar refractivity (Wildman–Crippen MR) is 145 cm³/mol. The number of ketones is 1. The molecule has 0 radical (unpaired) electrons. The number of hydrogen-bond acceptors (Lipinski definition) is 5. The molecule has 4 rings (SSSR count). The van der Waals surface area contributed by atoms with Gasteiger partial charge in [-0.05, 0) is 73.7 Å². The van der Waals surface area contributed by atoms with Crippen molar-refractivity contribution in [2.24, 2.45) is 0 Å². The maximum absolute atomic E-state index is 13.9. The number of ether oxygens (including phenoxy) is 1. The van der Waals surface area contributed by atoms with Gasteiger partial charge < -0.3 is 20.5 Å². The number of aliphatic hydroxyl groups is 1. The average Bonchev–Trinajstić information content (AvgIpc) is 2.87. The van der Waals surface area contributed by atoms with Crippen LogP contribution in [0.4, 0.5) is 8.78 Å². The number of nitrogens with one attached hydrogen (secondary N) is 2. The first-order valence-corrected chi connectivity index (χ1v) is 13.1. The molecule has 1 aliphatic heterocycles. The summed E-state index contributed by atoms with van der Waals surface area (Å²) in [5.74, 6) is -1.72. The highest BCUT2D eigenvalue weighted by atomic mass is 19.1. The van der Waals surface area contributed by atoms with Gasteiger partial charge in [-0.3, -0.25) is 9.59 Å². The van der Waals surface area contributed by atoms with Gasteiger partial charge in [0.1, 0.15) is 23.0 Å². The summed E-state index contributed by atoms with van der Waals surface area (Å²) in [6, 6.07) is 15.0. The van der Waals surface area contributed by atoms with Gasteiger partial charge in [0.25, 0.3) is 5.91 Å². The van der Waals surface area contributed by atoms with Crippen molar-refractivity contribution < 1.29 is 28.2 Å². The molecule has 1 amide bonds. The third-order valence-electron chi connectivity index (χ3n) is 6.76. The summed E-state index contributed by atoms with van der Waals surface area (Å²) in [4.78, 5) is 25.9. The third-order valence-corrected chi connectivity index (χ3v) is 6.76. The smallest absolute Gasteiger partial charge is 0.251 e. The van der Waals surface area contributed by atoms with E-state index in [1.54, 1.807) is 12.1 Å². The number of amides is 1. The normalized spacial score (nSPS) is 15.7. The molecule has 206 valence electrons. The maximum Gasteiger partial charge on any atom is 0.251 e. The number of rotatable bonds is 10. The number of Topliss-reactive ketones (excluding diaryl/α,β-unsaturated/α-hetero) is 1. The predicted octanol–water partition coefficient (Wildman–Crippen LogP) is 4.76. The van der Waals surface area contributed by atoms with E-state index in [0.717, 1.165) is 18.1 Å². The highest BCUT2D eigenvalue weighted by Gasteiger charge is 2.33. The minimum atomic E-state index is -1.07. The Morgan fingerprint density at radius 3 is 2.46 bits per heavy atom. The van der Waals surface area contributed by atoms with Crippen LogP contribution in [0.2, 0.25) is 0 Å². The molecule has 0 fully saturated rings. The van der Waals surface area contributed by atoms with Crippen LogP contribution in [0.15, 0.2) is 60.7 Å². The van der Waals surface area contributed by atoms with Crippen molar-refractivity contribution >= 4 is 11.7 Å². The van der Waals surface area contributed by atoms with E-state index in [4.69, 9.17) is 4.74 Å². The Kier molecular flexibility index (Phi) is 8.77. The van der Waals surface area contributed by atoms with Gasteiger partial charge in [0.15, 0.2) is 5.78 Å². The molecule has 0 saturated carbocycles. The molecule has 3 aromatic carbocycles. The topological polar surface area (TPSA) is 87.7 Å². The lowest BCUT2D eigenvalue weighted by Crippen LogP contribution is -2.48.